The van der Waals surface area contributed by atoms with E-state index in [1.807, 2.05) is 0 Å². The number of hydrogen-bond acceptors (Lipinski definition) is 3. The highest BCUT2D eigenvalue weighted by Crippen LogP contribution is 2.14. The molecule has 17 heavy (non-hydrogen) atoms. The number of nitrogens with zero attached hydrogens (tertiary/aromatic N) is 2. The number of piperidine rings is 1. The van der Waals surface area contributed by atoms with Crippen molar-refractivity contribution in [2.75, 3.05) is 32.7 Å². The Labute approximate surface area is 104 Å². The van der Waals surface area contributed by atoms with Crippen molar-refractivity contribution in [2.45, 2.75) is 45.2 Å². The third-order valence-electron chi connectivity index (χ3n) is 4.09. The monoisotopic (exact) mass is 239 g/mol. The lowest BCUT2D eigenvalue weighted by molar-refractivity contribution is -0.136. The first-order valence-corrected chi connectivity index (χ1v) is 6.98. The first kappa shape index (κ1) is 12.8. The summed E-state index contributed by atoms with van der Waals surface area (Å²) in [7, 11) is 0. The van der Waals surface area contributed by atoms with Crippen LogP contribution in [0.1, 0.15) is 33.1 Å². The molecule has 2 aliphatic heterocycles. The van der Waals surface area contributed by atoms with Gasteiger partial charge in [0, 0.05) is 25.7 Å². The molecule has 1 unspecified atom stereocenters. The second kappa shape index (κ2) is 5.83. The fourth-order valence-corrected chi connectivity index (χ4v) is 2.95. The second-order valence-electron chi connectivity index (χ2n) is 5.26. The largest absolute Gasteiger partial charge is 0.339 e. The Morgan fingerprint density at radius 2 is 2.18 bits per heavy atom. The molecule has 1 amide bonds. The van der Waals surface area contributed by atoms with Crippen molar-refractivity contribution in [3.8, 4) is 0 Å². The van der Waals surface area contributed by atoms with Gasteiger partial charge in [-0.15, -0.1) is 0 Å². The summed E-state index contributed by atoms with van der Waals surface area (Å²) in [6, 6.07) is 0.588. The minimum Gasteiger partial charge on any atom is -0.339 e. The van der Waals surface area contributed by atoms with Crippen LogP contribution < -0.4 is 5.32 Å². The minimum absolute atomic E-state index is 0.0872. The molecule has 4 heteroatoms. The first-order valence-electron chi connectivity index (χ1n) is 6.98. The van der Waals surface area contributed by atoms with Gasteiger partial charge in [-0.2, -0.15) is 0 Å². The predicted octanol–water partition coefficient (Wildman–Crippen LogP) is 0.681. The van der Waals surface area contributed by atoms with E-state index in [4.69, 9.17) is 0 Å². The smallest absolute Gasteiger partial charge is 0.239 e. The van der Waals surface area contributed by atoms with E-state index in [2.05, 4.69) is 29.0 Å². The molecular weight excluding hydrogens is 214 g/mol. The van der Waals surface area contributed by atoms with Crippen molar-refractivity contribution in [1.82, 2.24) is 15.1 Å². The van der Waals surface area contributed by atoms with Crippen LogP contribution in [0, 0.1) is 0 Å². The van der Waals surface area contributed by atoms with Crippen molar-refractivity contribution in [1.29, 1.82) is 0 Å². The molecule has 2 aliphatic rings. The van der Waals surface area contributed by atoms with Gasteiger partial charge in [0.25, 0.3) is 0 Å². The van der Waals surface area contributed by atoms with E-state index in [-0.39, 0.29) is 6.04 Å². The SMILES string of the molecule is CCN1CCN(C(=O)[C@@H]2CCCCN2)CC1C. The molecule has 2 saturated heterocycles. The van der Waals surface area contributed by atoms with Gasteiger partial charge in [-0.3, -0.25) is 9.69 Å². The van der Waals surface area contributed by atoms with E-state index >= 15 is 0 Å². The normalized spacial score (nSPS) is 31.5. The zero-order valence-electron chi connectivity index (χ0n) is 11.1. The summed E-state index contributed by atoms with van der Waals surface area (Å²) in [5, 5.41) is 3.35. The Hall–Kier alpha value is -0.610. The van der Waals surface area contributed by atoms with Crippen LogP contribution in [0.25, 0.3) is 0 Å². The van der Waals surface area contributed by atoms with E-state index in [9.17, 15) is 4.79 Å². The van der Waals surface area contributed by atoms with Crippen molar-refractivity contribution < 1.29 is 4.79 Å². The maximum atomic E-state index is 12.3. The third-order valence-corrected chi connectivity index (χ3v) is 4.09. The summed E-state index contributed by atoms with van der Waals surface area (Å²) in [6.07, 6.45) is 3.42. The lowest BCUT2D eigenvalue weighted by Gasteiger charge is -2.41. The summed E-state index contributed by atoms with van der Waals surface area (Å²) in [5.41, 5.74) is 0. The molecule has 0 aromatic rings. The van der Waals surface area contributed by atoms with Crippen LogP contribution in [0.3, 0.4) is 0 Å². The number of nitrogens with one attached hydrogen (secondary N) is 1. The van der Waals surface area contributed by atoms with Crippen molar-refractivity contribution in [3.63, 3.8) is 0 Å². The predicted molar refractivity (Wildman–Crippen MR) is 68.9 cm³/mol. The number of rotatable bonds is 2. The fraction of sp³-hybridized carbons (Fsp3) is 0.923. The first-order chi connectivity index (χ1) is 8.22. The summed E-state index contributed by atoms with van der Waals surface area (Å²) in [5.74, 6) is 0.326. The summed E-state index contributed by atoms with van der Waals surface area (Å²) in [6.45, 7) is 9.32. The molecule has 4 nitrogen and oxygen atoms in total. The Morgan fingerprint density at radius 1 is 1.35 bits per heavy atom. The third kappa shape index (κ3) is 2.99. The van der Waals surface area contributed by atoms with E-state index in [0.717, 1.165) is 39.1 Å². The van der Waals surface area contributed by atoms with Crippen LogP contribution in [0.4, 0.5) is 0 Å². The van der Waals surface area contributed by atoms with Crippen LogP contribution in [-0.2, 0) is 4.79 Å². The van der Waals surface area contributed by atoms with Crippen molar-refractivity contribution in [2.24, 2.45) is 0 Å². The molecule has 2 fully saturated rings. The summed E-state index contributed by atoms with van der Waals surface area (Å²) >= 11 is 0. The van der Waals surface area contributed by atoms with Crippen LogP contribution in [0.5, 0.6) is 0 Å². The molecule has 0 aromatic carbocycles. The van der Waals surface area contributed by atoms with Crippen LogP contribution in [0.2, 0.25) is 0 Å². The lowest BCUT2D eigenvalue weighted by Crippen LogP contribution is -2.57. The van der Waals surface area contributed by atoms with E-state index in [1.54, 1.807) is 0 Å². The number of piperazine rings is 1. The summed E-state index contributed by atoms with van der Waals surface area (Å²) < 4.78 is 0. The molecule has 2 rings (SSSR count). The van der Waals surface area contributed by atoms with Gasteiger partial charge in [0.05, 0.1) is 6.04 Å². The van der Waals surface area contributed by atoms with Gasteiger partial charge in [0.2, 0.25) is 5.91 Å². The quantitative estimate of drug-likeness (QED) is 0.770. The average Bonchev–Trinajstić information content (AvgIpc) is 2.39. The van der Waals surface area contributed by atoms with Crippen LogP contribution >= 0.6 is 0 Å². The fourth-order valence-electron chi connectivity index (χ4n) is 2.95. The molecule has 98 valence electrons. The lowest BCUT2D eigenvalue weighted by atomic mass is 10.0. The maximum absolute atomic E-state index is 12.3. The topological polar surface area (TPSA) is 35.6 Å². The van der Waals surface area contributed by atoms with E-state index in [0.29, 0.717) is 11.9 Å². The van der Waals surface area contributed by atoms with Crippen LogP contribution in [0.15, 0.2) is 0 Å². The maximum Gasteiger partial charge on any atom is 0.239 e. The zero-order chi connectivity index (χ0) is 12.3. The van der Waals surface area contributed by atoms with Gasteiger partial charge < -0.3 is 10.2 Å². The summed E-state index contributed by atoms with van der Waals surface area (Å²) in [4.78, 5) is 16.8. The highest BCUT2D eigenvalue weighted by atomic mass is 16.2. The highest BCUT2D eigenvalue weighted by molar-refractivity contribution is 5.82. The molecular formula is C13H25N3O. The molecule has 0 radical (unpaired) electrons. The average molecular weight is 239 g/mol. The van der Waals surface area contributed by atoms with E-state index in [1.165, 1.54) is 12.8 Å². The van der Waals surface area contributed by atoms with Gasteiger partial charge in [-0.05, 0) is 32.9 Å². The number of carbonyl (C=O) groups excluding carboxylic acids is 1. The number of carbonyl (C=O) groups is 1. The van der Waals surface area contributed by atoms with Gasteiger partial charge in [0.15, 0.2) is 0 Å². The van der Waals surface area contributed by atoms with Gasteiger partial charge in [-0.25, -0.2) is 0 Å². The molecule has 0 saturated carbocycles. The number of likely N-dealkylation sites (N-methyl/N-ethyl adjacent to an activating group) is 1. The molecule has 0 bridgehead atoms. The van der Waals surface area contributed by atoms with E-state index < -0.39 is 0 Å². The minimum atomic E-state index is 0.0872. The molecule has 2 heterocycles. The highest BCUT2D eigenvalue weighted by Gasteiger charge is 2.30. The molecule has 2 atom stereocenters. The number of hydrogen-bond donors (Lipinski definition) is 1. The van der Waals surface area contributed by atoms with Gasteiger partial charge >= 0.3 is 0 Å². The molecule has 1 N–H and O–H groups in total. The van der Waals surface area contributed by atoms with Crippen molar-refractivity contribution >= 4 is 5.91 Å². The Morgan fingerprint density at radius 3 is 2.76 bits per heavy atom. The second-order valence-corrected chi connectivity index (χ2v) is 5.26. The van der Waals surface area contributed by atoms with Crippen molar-refractivity contribution in [3.05, 3.63) is 0 Å². The Balaban J connectivity index is 1.87. The molecule has 0 aliphatic carbocycles. The Kier molecular flexibility index (Phi) is 4.40. The molecule has 0 spiro atoms. The van der Waals surface area contributed by atoms with Gasteiger partial charge in [0.1, 0.15) is 0 Å². The van der Waals surface area contributed by atoms with Crippen LogP contribution in [-0.4, -0.2) is 60.5 Å². The Bertz CT molecular complexity index is 263. The molecule has 0 aromatic heterocycles. The zero-order valence-corrected chi connectivity index (χ0v) is 11.1. The van der Waals surface area contributed by atoms with Gasteiger partial charge in [-0.1, -0.05) is 13.3 Å². The number of amides is 1. The standard InChI is InChI=1S/C13H25N3O/c1-3-15-8-9-16(10-11(15)2)13(17)12-6-4-5-7-14-12/h11-12,14H,3-10H2,1-2H3/t11?,12-/m0/s1.